The number of hydrogen-bond donors (Lipinski definition) is 0. The maximum absolute atomic E-state index is 12.4. The quantitative estimate of drug-likeness (QED) is 0.318. The van der Waals surface area contributed by atoms with Crippen LogP contribution in [-0.4, -0.2) is 44.2 Å². The van der Waals surface area contributed by atoms with E-state index in [1.807, 2.05) is 32.6 Å². The minimum absolute atomic E-state index is 0.198. The first-order chi connectivity index (χ1) is 16.7. The predicted molar refractivity (Wildman–Crippen MR) is 140 cm³/mol. The van der Waals surface area contributed by atoms with E-state index in [1.54, 1.807) is 11.3 Å². The highest BCUT2D eigenvalue weighted by Crippen LogP contribution is 2.55. The number of carbonyl (C=O) groups excluding carboxylic acids is 1. The predicted octanol–water partition coefficient (Wildman–Crippen LogP) is 6.80. The number of likely N-dealkylation sites (tertiary alicyclic amines) is 1. The number of rotatable bonds is 3. The summed E-state index contributed by atoms with van der Waals surface area (Å²) in [7, 11) is 0. The second-order valence-corrected chi connectivity index (χ2v) is 11.9. The van der Waals surface area contributed by atoms with Crippen LogP contribution < -0.4 is 0 Å². The Balaban J connectivity index is 1.16. The molecule has 1 saturated heterocycles. The fourth-order valence-electron chi connectivity index (χ4n) is 5.43. The molecule has 1 aromatic carbocycles. The zero-order chi connectivity index (χ0) is 24.3. The average Bonchev–Trinajstić information content (AvgIpc) is 3.26. The highest BCUT2D eigenvalue weighted by atomic mass is 32.1. The van der Waals surface area contributed by atoms with Crippen LogP contribution in [0.25, 0.3) is 21.0 Å². The smallest absolute Gasteiger partial charge is 0.410 e. The molecule has 2 aliphatic rings. The van der Waals surface area contributed by atoms with Crippen molar-refractivity contribution in [3.8, 4) is 0 Å². The molecule has 4 heterocycles. The molecule has 182 valence electrons. The number of carbonyl (C=O) groups is 1. The van der Waals surface area contributed by atoms with Crippen molar-refractivity contribution in [3.05, 3.63) is 59.1 Å². The fraction of sp³-hybridized carbons (Fsp3) is 0.464. The van der Waals surface area contributed by atoms with Gasteiger partial charge < -0.3 is 14.2 Å². The molecule has 1 aliphatic heterocycles. The van der Waals surface area contributed by atoms with Gasteiger partial charge in [0.2, 0.25) is 0 Å². The van der Waals surface area contributed by atoms with Crippen molar-refractivity contribution in [2.24, 2.45) is 0 Å². The third kappa shape index (κ3) is 4.42. The Morgan fingerprint density at radius 3 is 2.60 bits per heavy atom. The molecule has 2 atom stereocenters. The van der Waals surface area contributed by atoms with Crippen molar-refractivity contribution in [3.63, 3.8) is 0 Å². The van der Waals surface area contributed by atoms with Gasteiger partial charge in [0.1, 0.15) is 16.3 Å². The molecule has 6 rings (SSSR count). The zero-order valence-electron chi connectivity index (χ0n) is 20.8. The summed E-state index contributed by atoms with van der Waals surface area (Å²) in [5, 5.41) is 5.91. The molecule has 7 heteroatoms. The van der Waals surface area contributed by atoms with Gasteiger partial charge in [-0.25, -0.2) is 14.8 Å². The summed E-state index contributed by atoms with van der Waals surface area (Å²) < 4.78 is 7.90. The maximum Gasteiger partial charge on any atom is 0.410 e. The molecular weight excluding hydrogens is 456 g/mol. The molecule has 0 radical (unpaired) electrons. The molecule has 1 saturated carbocycles. The van der Waals surface area contributed by atoms with Crippen molar-refractivity contribution in [1.82, 2.24) is 19.4 Å². The van der Waals surface area contributed by atoms with E-state index in [-0.39, 0.29) is 6.09 Å². The molecule has 1 aliphatic carbocycles. The van der Waals surface area contributed by atoms with Gasteiger partial charge in [0, 0.05) is 42.8 Å². The van der Waals surface area contributed by atoms with Gasteiger partial charge in [0.05, 0.1) is 5.69 Å². The van der Waals surface area contributed by atoms with Crippen LogP contribution in [-0.2, 0) is 4.74 Å². The van der Waals surface area contributed by atoms with Gasteiger partial charge in [-0.05, 0) is 86.7 Å². The molecule has 35 heavy (non-hydrogen) atoms. The SMILES string of the molecule is Cc1nc(C2CC2c2ccc3cn(C4CCN(C(=O)OC(C)(C)C)CC4)cc3c2)c2ccsc2n1. The zero-order valence-corrected chi connectivity index (χ0v) is 21.6. The normalized spacial score (nSPS) is 21.1. The summed E-state index contributed by atoms with van der Waals surface area (Å²) >= 11 is 1.70. The van der Waals surface area contributed by atoms with E-state index in [9.17, 15) is 4.79 Å². The van der Waals surface area contributed by atoms with E-state index in [0.29, 0.717) is 17.9 Å². The number of nitrogens with zero attached hydrogens (tertiary/aromatic N) is 4. The van der Waals surface area contributed by atoms with E-state index in [1.165, 1.54) is 27.4 Å². The average molecular weight is 489 g/mol. The highest BCUT2D eigenvalue weighted by molar-refractivity contribution is 7.16. The van der Waals surface area contributed by atoms with Crippen LogP contribution in [0.3, 0.4) is 0 Å². The number of amides is 1. The van der Waals surface area contributed by atoms with Crippen LogP contribution in [0.1, 0.15) is 75.0 Å². The lowest BCUT2D eigenvalue weighted by atomic mass is 10.0. The third-order valence-corrected chi connectivity index (χ3v) is 8.07. The molecule has 0 bridgehead atoms. The summed E-state index contributed by atoms with van der Waals surface area (Å²) in [4.78, 5) is 24.8. The van der Waals surface area contributed by atoms with Crippen molar-refractivity contribution in [1.29, 1.82) is 0 Å². The molecular formula is C28H32N4O2S. The molecule has 2 unspecified atom stereocenters. The Hall–Kier alpha value is -2.93. The van der Waals surface area contributed by atoms with Gasteiger partial charge >= 0.3 is 6.09 Å². The van der Waals surface area contributed by atoms with Crippen molar-refractivity contribution in [2.75, 3.05) is 13.1 Å². The van der Waals surface area contributed by atoms with E-state index >= 15 is 0 Å². The Morgan fingerprint density at radius 1 is 1.06 bits per heavy atom. The van der Waals surface area contributed by atoms with Crippen molar-refractivity contribution in [2.45, 2.75) is 70.4 Å². The van der Waals surface area contributed by atoms with E-state index in [0.717, 1.165) is 43.0 Å². The molecule has 0 N–H and O–H groups in total. The lowest BCUT2D eigenvalue weighted by Gasteiger charge is -2.34. The summed E-state index contributed by atoms with van der Waals surface area (Å²) in [5.41, 5.74) is 2.17. The third-order valence-electron chi connectivity index (χ3n) is 7.26. The summed E-state index contributed by atoms with van der Waals surface area (Å²) in [5.74, 6) is 1.87. The summed E-state index contributed by atoms with van der Waals surface area (Å²) in [6.07, 6.45) is 7.39. The number of hydrogen-bond acceptors (Lipinski definition) is 5. The van der Waals surface area contributed by atoms with Gasteiger partial charge in [-0.2, -0.15) is 0 Å². The van der Waals surface area contributed by atoms with Gasteiger partial charge in [-0.1, -0.05) is 12.1 Å². The van der Waals surface area contributed by atoms with Crippen LogP contribution >= 0.6 is 11.3 Å². The molecule has 4 aromatic rings. The standard InChI is InChI=1S/C28H32N4O2S/c1-17-29-25(22-9-12-35-26(22)30-17)24-14-23(24)18-5-6-19-15-32(16-20(19)13-18)21-7-10-31(11-8-21)27(33)34-28(2,3)4/h5-6,9,12-13,15-16,21,23-24H,7-8,10-11,14H2,1-4H3. The second-order valence-electron chi connectivity index (χ2n) is 11.0. The number of piperidine rings is 1. The number of thiophene rings is 1. The fourth-order valence-corrected chi connectivity index (χ4v) is 6.25. The number of fused-ring (bicyclic) bond motifs is 2. The van der Waals surface area contributed by atoms with Crippen molar-refractivity contribution < 1.29 is 9.53 Å². The molecule has 6 nitrogen and oxygen atoms in total. The van der Waals surface area contributed by atoms with Gasteiger partial charge in [0.25, 0.3) is 0 Å². The lowest BCUT2D eigenvalue weighted by Crippen LogP contribution is -2.42. The minimum Gasteiger partial charge on any atom is -0.444 e. The minimum atomic E-state index is -0.452. The first kappa shape index (κ1) is 22.5. The Labute approximate surface area is 209 Å². The first-order valence-corrected chi connectivity index (χ1v) is 13.4. The maximum atomic E-state index is 12.4. The second kappa shape index (κ2) is 8.33. The Kier molecular flexibility index (Phi) is 5.36. The summed E-state index contributed by atoms with van der Waals surface area (Å²) in [6, 6.07) is 9.50. The Bertz CT molecular complexity index is 1410. The van der Waals surface area contributed by atoms with Crippen molar-refractivity contribution >= 4 is 38.4 Å². The summed E-state index contributed by atoms with van der Waals surface area (Å²) in [6.45, 7) is 9.21. The highest BCUT2D eigenvalue weighted by Gasteiger charge is 2.42. The molecule has 3 aromatic heterocycles. The van der Waals surface area contributed by atoms with Crippen LogP contribution in [0.5, 0.6) is 0 Å². The topological polar surface area (TPSA) is 60.2 Å². The number of ether oxygens (including phenoxy) is 1. The van der Waals surface area contributed by atoms with E-state index in [2.05, 4.69) is 51.6 Å². The van der Waals surface area contributed by atoms with Gasteiger partial charge in [-0.15, -0.1) is 11.3 Å². The molecule has 0 spiro atoms. The Morgan fingerprint density at radius 2 is 1.83 bits per heavy atom. The van der Waals surface area contributed by atoms with E-state index in [4.69, 9.17) is 9.72 Å². The number of aromatic nitrogens is 3. The largest absolute Gasteiger partial charge is 0.444 e. The molecule has 1 amide bonds. The van der Waals surface area contributed by atoms with Gasteiger partial charge in [0.15, 0.2) is 0 Å². The van der Waals surface area contributed by atoms with E-state index < -0.39 is 5.60 Å². The van der Waals surface area contributed by atoms with Crippen LogP contribution in [0.15, 0.2) is 42.0 Å². The number of benzene rings is 1. The molecule has 2 fully saturated rings. The first-order valence-electron chi connectivity index (χ1n) is 12.6. The number of aryl methyl sites for hydroxylation is 1. The van der Waals surface area contributed by atoms with Crippen LogP contribution in [0.2, 0.25) is 0 Å². The lowest BCUT2D eigenvalue weighted by molar-refractivity contribution is 0.0188. The van der Waals surface area contributed by atoms with Gasteiger partial charge in [-0.3, -0.25) is 0 Å². The van der Waals surface area contributed by atoms with Crippen LogP contribution in [0.4, 0.5) is 4.79 Å². The van der Waals surface area contributed by atoms with Crippen LogP contribution in [0, 0.1) is 6.92 Å². The monoisotopic (exact) mass is 488 g/mol.